The Morgan fingerprint density at radius 2 is 1.74 bits per heavy atom. The summed E-state index contributed by atoms with van der Waals surface area (Å²) in [6.07, 6.45) is 7.85. The van der Waals surface area contributed by atoms with Gasteiger partial charge in [-0.25, -0.2) is 4.79 Å². The number of unbranched alkanes of at least 4 members (excludes halogenated alkanes) is 1. The van der Waals surface area contributed by atoms with Crippen molar-refractivity contribution in [2.75, 3.05) is 19.7 Å². The van der Waals surface area contributed by atoms with Crippen molar-refractivity contribution in [1.29, 1.82) is 0 Å². The van der Waals surface area contributed by atoms with E-state index < -0.39 is 5.97 Å². The molecule has 164 valence electrons. The number of carbonyl (C=O) groups is 2. The summed E-state index contributed by atoms with van der Waals surface area (Å²) in [6.45, 7) is 4.46. The van der Waals surface area contributed by atoms with Gasteiger partial charge in [0.1, 0.15) is 5.75 Å². The molecule has 3 rings (SSSR count). The van der Waals surface area contributed by atoms with E-state index in [0.29, 0.717) is 11.5 Å². The van der Waals surface area contributed by atoms with Crippen molar-refractivity contribution in [2.24, 2.45) is 5.92 Å². The van der Waals surface area contributed by atoms with Crippen molar-refractivity contribution in [3.05, 3.63) is 71.3 Å². The molecule has 0 radical (unpaired) electrons. The van der Waals surface area contributed by atoms with Gasteiger partial charge in [-0.15, -0.1) is 0 Å². The Bertz CT molecular complexity index is 879. The molecule has 1 heterocycles. The molecule has 2 aromatic rings. The number of aliphatic carboxylic acids is 1. The number of ether oxygens (including phenoxy) is 1. The summed E-state index contributed by atoms with van der Waals surface area (Å²) in [5.41, 5.74) is 2.72. The molecule has 0 atom stereocenters. The molecular weight excluding hydrogens is 390 g/mol. The van der Waals surface area contributed by atoms with Crippen LogP contribution in [0, 0.1) is 5.92 Å². The first kappa shape index (κ1) is 22.6. The number of carbonyl (C=O) groups excluding carboxylic acids is 1. The maximum atomic E-state index is 12.8. The number of carboxylic acids is 1. The summed E-state index contributed by atoms with van der Waals surface area (Å²) in [5.74, 6) is 0.571. The van der Waals surface area contributed by atoms with Gasteiger partial charge >= 0.3 is 5.97 Å². The Kier molecular flexibility index (Phi) is 8.27. The molecule has 0 unspecified atom stereocenters. The quantitative estimate of drug-likeness (QED) is 0.454. The van der Waals surface area contributed by atoms with Crippen LogP contribution in [0.15, 0.2) is 54.6 Å². The van der Waals surface area contributed by atoms with Gasteiger partial charge in [-0.2, -0.15) is 0 Å². The number of carboxylic acid groups (broad SMARTS) is 1. The van der Waals surface area contributed by atoms with E-state index in [1.807, 2.05) is 4.90 Å². The van der Waals surface area contributed by atoms with Gasteiger partial charge in [-0.1, -0.05) is 37.6 Å². The zero-order chi connectivity index (χ0) is 22.1. The van der Waals surface area contributed by atoms with Crippen LogP contribution in [-0.4, -0.2) is 41.6 Å². The monoisotopic (exact) mass is 421 g/mol. The molecule has 0 saturated carbocycles. The molecule has 1 aliphatic heterocycles. The molecule has 31 heavy (non-hydrogen) atoms. The predicted molar refractivity (Wildman–Crippen MR) is 122 cm³/mol. The highest BCUT2D eigenvalue weighted by atomic mass is 16.5. The summed E-state index contributed by atoms with van der Waals surface area (Å²) in [5, 5.41) is 8.70. The van der Waals surface area contributed by atoms with Crippen molar-refractivity contribution < 1.29 is 19.4 Å². The molecule has 1 fully saturated rings. The van der Waals surface area contributed by atoms with Crippen molar-refractivity contribution >= 4 is 18.0 Å². The molecule has 0 aromatic heterocycles. The fourth-order valence-corrected chi connectivity index (χ4v) is 3.82. The van der Waals surface area contributed by atoms with Gasteiger partial charge < -0.3 is 14.7 Å². The number of benzene rings is 2. The van der Waals surface area contributed by atoms with Gasteiger partial charge in [0.05, 0.1) is 6.61 Å². The van der Waals surface area contributed by atoms with Crippen LogP contribution in [0.1, 0.15) is 54.1 Å². The molecule has 5 heteroatoms. The van der Waals surface area contributed by atoms with Crippen molar-refractivity contribution in [3.63, 3.8) is 0 Å². The molecule has 1 aliphatic rings. The Balaban J connectivity index is 1.46. The average molecular weight is 422 g/mol. The van der Waals surface area contributed by atoms with Gasteiger partial charge in [0, 0.05) is 24.7 Å². The van der Waals surface area contributed by atoms with Crippen molar-refractivity contribution in [3.8, 4) is 5.75 Å². The van der Waals surface area contributed by atoms with Gasteiger partial charge in [0.2, 0.25) is 0 Å². The minimum absolute atomic E-state index is 0.0424. The maximum Gasteiger partial charge on any atom is 0.328 e. The van der Waals surface area contributed by atoms with Gasteiger partial charge in [-0.3, -0.25) is 4.79 Å². The van der Waals surface area contributed by atoms with E-state index in [1.54, 1.807) is 24.3 Å². The Hall–Kier alpha value is -3.08. The third-order valence-electron chi connectivity index (χ3n) is 5.69. The van der Waals surface area contributed by atoms with Crippen LogP contribution in [0.3, 0.4) is 0 Å². The Morgan fingerprint density at radius 1 is 1.06 bits per heavy atom. The topological polar surface area (TPSA) is 66.8 Å². The zero-order valence-corrected chi connectivity index (χ0v) is 18.1. The SMILES string of the molecule is CCCCOc1ccc(CC2CCN(C(=O)c3ccc(/C=C/C(=O)O)cc3)CC2)cc1. The summed E-state index contributed by atoms with van der Waals surface area (Å²) in [4.78, 5) is 25.3. The maximum absolute atomic E-state index is 12.8. The number of nitrogens with zero attached hydrogens (tertiary/aromatic N) is 1. The zero-order valence-electron chi connectivity index (χ0n) is 18.1. The Labute approximate surface area is 184 Å². The van der Waals surface area contributed by atoms with Crippen molar-refractivity contribution in [1.82, 2.24) is 4.90 Å². The lowest BCUT2D eigenvalue weighted by Gasteiger charge is -2.32. The minimum atomic E-state index is -0.987. The predicted octanol–water partition coefficient (Wildman–Crippen LogP) is 5.06. The van der Waals surface area contributed by atoms with Crippen molar-refractivity contribution in [2.45, 2.75) is 39.0 Å². The second-order valence-electron chi connectivity index (χ2n) is 8.08. The fourth-order valence-electron chi connectivity index (χ4n) is 3.82. The van der Waals surface area contributed by atoms with Crippen LogP contribution < -0.4 is 4.74 Å². The molecule has 2 aromatic carbocycles. The first-order valence-corrected chi connectivity index (χ1v) is 11.1. The van der Waals surface area contributed by atoms with Crippen LogP contribution in [0.4, 0.5) is 0 Å². The second kappa shape index (κ2) is 11.3. The lowest BCUT2D eigenvalue weighted by atomic mass is 9.90. The number of hydrogen-bond donors (Lipinski definition) is 1. The molecule has 1 N–H and O–H groups in total. The highest BCUT2D eigenvalue weighted by Gasteiger charge is 2.23. The fraction of sp³-hybridized carbons (Fsp3) is 0.385. The number of rotatable bonds is 9. The summed E-state index contributed by atoms with van der Waals surface area (Å²) < 4.78 is 5.73. The minimum Gasteiger partial charge on any atom is -0.494 e. The summed E-state index contributed by atoms with van der Waals surface area (Å²) in [7, 11) is 0. The van der Waals surface area contributed by atoms with Crippen LogP contribution in [0.5, 0.6) is 5.75 Å². The summed E-state index contributed by atoms with van der Waals surface area (Å²) >= 11 is 0. The third-order valence-corrected chi connectivity index (χ3v) is 5.69. The lowest BCUT2D eigenvalue weighted by Crippen LogP contribution is -2.38. The molecule has 1 saturated heterocycles. The van der Waals surface area contributed by atoms with E-state index >= 15 is 0 Å². The van der Waals surface area contributed by atoms with E-state index in [1.165, 1.54) is 11.6 Å². The number of amides is 1. The smallest absolute Gasteiger partial charge is 0.328 e. The van der Waals surface area contributed by atoms with E-state index in [2.05, 4.69) is 31.2 Å². The first-order valence-electron chi connectivity index (χ1n) is 11.1. The first-order chi connectivity index (χ1) is 15.0. The largest absolute Gasteiger partial charge is 0.494 e. The van der Waals surface area contributed by atoms with E-state index in [4.69, 9.17) is 9.84 Å². The second-order valence-corrected chi connectivity index (χ2v) is 8.08. The van der Waals surface area contributed by atoms with Gasteiger partial charge in [0.15, 0.2) is 0 Å². The highest BCUT2D eigenvalue weighted by molar-refractivity contribution is 5.94. The average Bonchev–Trinajstić information content (AvgIpc) is 2.79. The number of piperidine rings is 1. The van der Waals surface area contributed by atoms with Crippen LogP contribution >= 0.6 is 0 Å². The van der Waals surface area contributed by atoms with E-state index in [-0.39, 0.29) is 5.91 Å². The number of hydrogen-bond acceptors (Lipinski definition) is 3. The normalized spacial score (nSPS) is 14.7. The van der Waals surface area contributed by atoms with Crippen LogP contribution in [-0.2, 0) is 11.2 Å². The summed E-state index contributed by atoms with van der Waals surface area (Å²) in [6, 6.07) is 15.5. The van der Waals surface area contributed by atoms with Gasteiger partial charge in [0.25, 0.3) is 5.91 Å². The van der Waals surface area contributed by atoms with E-state index in [0.717, 1.165) is 69.2 Å². The third kappa shape index (κ3) is 6.99. The van der Waals surface area contributed by atoms with Crippen LogP contribution in [0.2, 0.25) is 0 Å². The van der Waals surface area contributed by atoms with Crippen LogP contribution in [0.25, 0.3) is 6.08 Å². The number of likely N-dealkylation sites (tertiary alicyclic amines) is 1. The molecule has 0 bridgehead atoms. The standard InChI is InChI=1S/C26H31NO4/c1-2-3-18-31-24-11-6-21(7-12-24)19-22-14-16-27(17-15-22)26(30)23-9-4-20(5-10-23)8-13-25(28)29/h4-13,22H,2-3,14-19H2,1H3,(H,28,29)/b13-8+. The molecule has 0 aliphatic carbocycles. The molecule has 5 nitrogen and oxygen atoms in total. The Morgan fingerprint density at radius 3 is 2.35 bits per heavy atom. The highest BCUT2D eigenvalue weighted by Crippen LogP contribution is 2.24. The van der Waals surface area contributed by atoms with E-state index in [9.17, 15) is 9.59 Å². The lowest BCUT2D eigenvalue weighted by molar-refractivity contribution is -0.131. The van der Waals surface area contributed by atoms with Gasteiger partial charge in [-0.05, 0) is 73.1 Å². The molecular formula is C26H31NO4. The molecule has 1 amide bonds. The molecule has 0 spiro atoms.